The van der Waals surface area contributed by atoms with E-state index in [0.717, 1.165) is 32.7 Å². The fourth-order valence-corrected chi connectivity index (χ4v) is 2.33. The summed E-state index contributed by atoms with van der Waals surface area (Å²) in [6, 6.07) is 10.3. The van der Waals surface area contributed by atoms with E-state index in [2.05, 4.69) is 34.1 Å². The molecule has 18 heavy (non-hydrogen) atoms. The first-order chi connectivity index (χ1) is 8.66. The third-order valence-corrected chi connectivity index (χ3v) is 3.62. The second-order valence-electron chi connectivity index (χ2n) is 4.88. The van der Waals surface area contributed by atoms with Gasteiger partial charge in [-0.15, -0.1) is 0 Å². The molecule has 1 saturated heterocycles. The first-order valence-corrected chi connectivity index (χ1v) is 6.46. The van der Waals surface area contributed by atoms with Gasteiger partial charge in [-0.05, 0) is 12.5 Å². The van der Waals surface area contributed by atoms with Crippen LogP contribution in [0.5, 0.6) is 0 Å². The van der Waals surface area contributed by atoms with Crippen molar-refractivity contribution in [2.24, 2.45) is 5.73 Å². The van der Waals surface area contributed by atoms with E-state index in [0.29, 0.717) is 0 Å². The number of carbonyl (C=O) groups excluding carboxylic acids is 1. The number of hydrogen-bond donors (Lipinski definition) is 1. The monoisotopic (exact) mass is 247 g/mol. The predicted octanol–water partition coefficient (Wildman–Crippen LogP) is 0.678. The van der Waals surface area contributed by atoms with E-state index in [1.165, 1.54) is 5.56 Å². The minimum atomic E-state index is -0.230. The topological polar surface area (TPSA) is 49.6 Å². The van der Waals surface area contributed by atoms with Crippen LogP contribution >= 0.6 is 0 Å². The molecule has 0 saturated carbocycles. The van der Waals surface area contributed by atoms with Crippen LogP contribution in [0.2, 0.25) is 0 Å². The number of carbonyl (C=O) groups is 1. The minimum absolute atomic E-state index is 0.149. The second-order valence-corrected chi connectivity index (χ2v) is 4.88. The van der Waals surface area contributed by atoms with E-state index in [-0.39, 0.29) is 11.9 Å². The molecule has 1 amide bonds. The Balaban J connectivity index is 1.82. The Labute approximate surface area is 108 Å². The van der Waals surface area contributed by atoms with Crippen molar-refractivity contribution in [3.8, 4) is 0 Å². The van der Waals surface area contributed by atoms with Gasteiger partial charge in [0.2, 0.25) is 5.91 Å². The van der Waals surface area contributed by atoms with Crippen molar-refractivity contribution in [3.05, 3.63) is 35.9 Å². The van der Waals surface area contributed by atoms with Crippen LogP contribution in [0.1, 0.15) is 12.5 Å². The van der Waals surface area contributed by atoms with Gasteiger partial charge in [0.25, 0.3) is 0 Å². The number of primary amides is 1. The lowest BCUT2D eigenvalue weighted by atomic mass is 10.2. The Morgan fingerprint density at radius 3 is 2.39 bits per heavy atom. The van der Waals surface area contributed by atoms with Gasteiger partial charge in [-0.2, -0.15) is 0 Å². The van der Waals surface area contributed by atoms with Crippen LogP contribution in [-0.2, 0) is 11.3 Å². The number of rotatable bonds is 4. The molecule has 1 fully saturated rings. The maximum absolute atomic E-state index is 11.1. The first-order valence-electron chi connectivity index (χ1n) is 6.46. The van der Waals surface area contributed by atoms with Gasteiger partial charge >= 0.3 is 0 Å². The lowest BCUT2D eigenvalue weighted by Gasteiger charge is -2.36. The van der Waals surface area contributed by atoms with Crippen LogP contribution in [0, 0.1) is 0 Å². The van der Waals surface area contributed by atoms with Gasteiger partial charge in [0.1, 0.15) is 0 Å². The summed E-state index contributed by atoms with van der Waals surface area (Å²) in [5.41, 5.74) is 6.67. The molecule has 1 aliphatic rings. The summed E-state index contributed by atoms with van der Waals surface area (Å²) in [6.07, 6.45) is 0. The first kappa shape index (κ1) is 13.1. The Kier molecular flexibility index (Phi) is 4.33. The molecule has 4 heteroatoms. The second kappa shape index (κ2) is 5.98. The van der Waals surface area contributed by atoms with Gasteiger partial charge in [0.15, 0.2) is 0 Å². The van der Waals surface area contributed by atoms with Crippen LogP contribution in [-0.4, -0.2) is 47.9 Å². The largest absolute Gasteiger partial charge is 0.368 e. The van der Waals surface area contributed by atoms with Gasteiger partial charge in [0.05, 0.1) is 6.04 Å². The predicted molar refractivity (Wildman–Crippen MR) is 71.9 cm³/mol. The summed E-state index contributed by atoms with van der Waals surface area (Å²) in [7, 11) is 0. The molecular weight excluding hydrogens is 226 g/mol. The molecule has 1 heterocycles. The van der Waals surface area contributed by atoms with Crippen molar-refractivity contribution in [2.45, 2.75) is 19.5 Å². The van der Waals surface area contributed by atoms with Crippen molar-refractivity contribution < 1.29 is 4.79 Å². The van der Waals surface area contributed by atoms with Crippen LogP contribution in [0.4, 0.5) is 0 Å². The molecule has 0 aliphatic carbocycles. The Bertz CT molecular complexity index is 385. The minimum Gasteiger partial charge on any atom is -0.368 e. The standard InChI is InChI=1S/C14H21N3O/c1-12(14(15)18)17-9-7-16(8-10-17)11-13-5-3-2-4-6-13/h2-6,12H,7-11H2,1H3,(H2,15,18). The molecule has 2 rings (SSSR count). The third kappa shape index (κ3) is 3.31. The van der Waals surface area contributed by atoms with Crippen LogP contribution < -0.4 is 5.73 Å². The highest BCUT2D eigenvalue weighted by Gasteiger charge is 2.23. The summed E-state index contributed by atoms with van der Waals surface area (Å²) >= 11 is 0. The van der Waals surface area contributed by atoms with E-state index >= 15 is 0 Å². The maximum atomic E-state index is 11.1. The van der Waals surface area contributed by atoms with Gasteiger partial charge < -0.3 is 5.73 Å². The van der Waals surface area contributed by atoms with Crippen molar-refractivity contribution in [1.29, 1.82) is 0 Å². The molecule has 0 bridgehead atoms. The average molecular weight is 247 g/mol. The fraction of sp³-hybridized carbons (Fsp3) is 0.500. The molecule has 2 N–H and O–H groups in total. The normalized spacial score (nSPS) is 19.6. The molecule has 0 spiro atoms. The third-order valence-electron chi connectivity index (χ3n) is 3.62. The highest BCUT2D eigenvalue weighted by molar-refractivity contribution is 5.79. The number of nitrogens with zero attached hydrogens (tertiary/aromatic N) is 2. The SMILES string of the molecule is CC(C(N)=O)N1CCN(Cc2ccccc2)CC1. The fourth-order valence-electron chi connectivity index (χ4n) is 2.33. The molecular formula is C14H21N3O. The molecule has 0 aromatic heterocycles. The van der Waals surface area contributed by atoms with Gasteiger partial charge in [0, 0.05) is 32.7 Å². The smallest absolute Gasteiger partial charge is 0.234 e. The Hall–Kier alpha value is -1.39. The van der Waals surface area contributed by atoms with E-state index in [9.17, 15) is 4.79 Å². The van der Waals surface area contributed by atoms with Crippen LogP contribution in [0.3, 0.4) is 0 Å². The molecule has 0 radical (unpaired) electrons. The zero-order chi connectivity index (χ0) is 13.0. The van der Waals surface area contributed by atoms with Crippen molar-refractivity contribution in [2.75, 3.05) is 26.2 Å². The van der Waals surface area contributed by atoms with Crippen molar-refractivity contribution >= 4 is 5.91 Å². The molecule has 4 nitrogen and oxygen atoms in total. The molecule has 1 aliphatic heterocycles. The quantitative estimate of drug-likeness (QED) is 0.851. The molecule has 1 unspecified atom stereocenters. The summed E-state index contributed by atoms with van der Waals surface area (Å²) in [6.45, 7) is 6.68. The van der Waals surface area contributed by atoms with Gasteiger partial charge in [-0.25, -0.2) is 0 Å². The summed E-state index contributed by atoms with van der Waals surface area (Å²) in [4.78, 5) is 15.7. The summed E-state index contributed by atoms with van der Waals surface area (Å²) in [5.74, 6) is -0.230. The molecule has 98 valence electrons. The van der Waals surface area contributed by atoms with E-state index in [1.807, 2.05) is 13.0 Å². The number of piperazine rings is 1. The summed E-state index contributed by atoms with van der Waals surface area (Å²) in [5, 5.41) is 0. The summed E-state index contributed by atoms with van der Waals surface area (Å²) < 4.78 is 0. The van der Waals surface area contributed by atoms with Gasteiger partial charge in [-0.1, -0.05) is 30.3 Å². The number of hydrogen-bond acceptors (Lipinski definition) is 3. The highest BCUT2D eigenvalue weighted by atomic mass is 16.1. The van der Waals surface area contributed by atoms with Crippen LogP contribution in [0.25, 0.3) is 0 Å². The molecule has 1 atom stereocenters. The van der Waals surface area contributed by atoms with E-state index < -0.39 is 0 Å². The van der Waals surface area contributed by atoms with Crippen molar-refractivity contribution in [3.63, 3.8) is 0 Å². The van der Waals surface area contributed by atoms with Crippen LogP contribution in [0.15, 0.2) is 30.3 Å². The maximum Gasteiger partial charge on any atom is 0.234 e. The molecule has 1 aromatic rings. The Morgan fingerprint density at radius 2 is 1.83 bits per heavy atom. The zero-order valence-electron chi connectivity index (χ0n) is 10.9. The van der Waals surface area contributed by atoms with E-state index in [1.54, 1.807) is 0 Å². The lowest BCUT2D eigenvalue weighted by molar-refractivity contribution is -0.123. The van der Waals surface area contributed by atoms with Gasteiger partial charge in [-0.3, -0.25) is 14.6 Å². The number of benzene rings is 1. The highest BCUT2D eigenvalue weighted by Crippen LogP contribution is 2.10. The average Bonchev–Trinajstić information content (AvgIpc) is 2.40. The molecule has 1 aromatic carbocycles. The lowest BCUT2D eigenvalue weighted by Crippen LogP contribution is -2.52. The number of amides is 1. The zero-order valence-corrected chi connectivity index (χ0v) is 10.9. The van der Waals surface area contributed by atoms with E-state index in [4.69, 9.17) is 5.73 Å². The number of nitrogens with two attached hydrogens (primary N) is 1. The Morgan fingerprint density at radius 1 is 1.22 bits per heavy atom. The van der Waals surface area contributed by atoms with Crippen molar-refractivity contribution in [1.82, 2.24) is 9.80 Å².